The number of hydrogen-bond donors (Lipinski definition) is 1. The average Bonchev–Trinajstić information content (AvgIpc) is 2.42. The molecule has 1 saturated heterocycles. The molecule has 0 bridgehead atoms. The molecule has 116 valence electrons. The van der Waals surface area contributed by atoms with E-state index in [9.17, 15) is 4.79 Å². The predicted molar refractivity (Wildman–Crippen MR) is 85.1 cm³/mol. The SMILES string of the molecule is CCOC(=O)C1(NC2CCCCC2)CSCCC1(C)C. The topological polar surface area (TPSA) is 38.3 Å². The van der Waals surface area contributed by atoms with Crippen LogP contribution in [0.5, 0.6) is 0 Å². The van der Waals surface area contributed by atoms with E-state index >= 15 is 0 Å². The quantitative estimate of drug-likeness (QED) is 0.808. The lowest BCUT2D eigenvalue weighted by Gasteiger charge is -2.50. The van der Waals surface area contributed by atoms with Crippen LogP contribution in [-0.4, -0.2) is 35.7 Å². The Morgan fingerprint density at radius 2 is 2.00 bits per heavy atom. The van der Waals surface area contributed by atoms with Crippen molar-refractivity contribution in [1.82, 2.24) is 5.32 Å². The molecule has 0 aromatic carbocycles. The number of rotatable bonds is 4. The number of nitrogens with one attached hydrogen (secondary N) is 1. The van der Waals surface area contributed by atoms with Crippen molar-refractivity contribution in [2.24, 2.45) is 5.41 Å². The number of hydrogen-bond acceptors (Lipinski definition) is 4. The fourth-order valence-electron chi connectivity index (χ4n) is 3.44. The summed E-state index contributed by atoms with van der Waals surface area (Å²) in [6.07, 6.45) is 7.36. The fraction of sp³-hybridized carbons (Fsp3) is 0.938. The van der Waals surface area contributed by atoms with Gasteiger partial charge in [0.05, 0.1) is 6.61 Å². The van der Waals surface area contributed by atoms with Crippen LogP contribution < -0.4 is 5.32 Å². The molecule has 0 amide bonds. The molecule has 0 aromatic heterocycles. The molecule has 1 unspecified atom stereocenters. The molecule has 20 heavy (non-hydrogen) atoms. The normalized spacial score (nSPS) is 30.9. The molecular formula is C16H29NO2S. The van der Waals surface area contributed by atoms with E-state index in [2.05, 4.69) is 19.2 Å². The molecule has 1 N–H and O–H groups in total. The summed E-state index contributed by atoms with van der Waals surface area (Å²) < 4.78 is 5.45. The van der Waals surface area contributed by atoms with E-state index in [-0.39, 0.29) is 11.4 Å². The van der Waals surface area contributed by atoms with Crippen molar-refractivity contribution in [3.8, 4) is 0 Å². The number of carbonyl (C=O) groups excluding carboxylic acids is 1. The lowest BCUT2D eigenvalue weighted by atomic mass is 9.70. The van der Waals surface area contributed by atoms with Gasteiger partial charge in [-0.2, -0.15) is 11.8 Å². The standard InChI is InChI=1S/C16H29NO2S/c1-4-19-14(18)16(12-20-11-10-15(16,2)3)17-13-8-6-5-7-9-13/h13,17H,4-12H2,1-3H3. The van der Waals surface area contributed by atoms with Gasteiger partial charge in [0.1, 0.15) is 5.54 Å². The van der Waals surface area contributed by atoms with Gasteiger partial charge >= 0.3 is 5.97 Å². The lowest BCUT2D eigenvalue weighted by molar-refractivity contribution is -0.156. The third kappa shape index (κ3) is 3.16. The highest BCUT2D eigenvalue weighted by atomic mass is 32.2. The summed E-state index contributed by atoms with van der Waals surface area (Å²) in [6, 6.07) is 0.478. The number of carbonyl (C=O) groups is 1. The van der Waals surface area contributed by atoms with Gasteiger partial charge in [-0.1, -0.05) is 33.1 Å². The van der Waals surface area contributed by atoms with Crippen molar-refractivity contribution >= 4 is 17.7 Å². The Bertz CT molecular complexity index is 339. The molecule has 3 nitrogen and oxygen atoms in total. The van der Waals surface area contributed by atoms with Crippen LogP contribution in [0.2, 0.25) is 0 Å². The van der Waals surface area contributed by atoms with Crippen molar-refractivity contribution in [3.63, 3.8) is 0 Å². The molecule has 1 aliphatic heterocycles. The minimum absolute atomic E-state index is 0.0391. The first-order valence-electron chi connectivity index (χ1n) is 8.04. The molecule has 2 fully saturated rings. The van der Waals surface area contributed by atoms with Gasteiger partial charge < -0.3 is 4.74 Å². The van der Waals surface area contributed by atoms with Gasteiger partial charge in [0.15, 0.2) is 0 Å². The Morgan fingerprint density at radius 1 is 1.30 bits per heavy atom. The minimum atomic E-state index is -0.506. The van der Waals surface area contributed by atoms with E-state index in [1.165, 1.54) is 32.1 Å². The summed E-state index contributed by atoms with van der Waals surface area (Å²) >= 11 is 1.88. The summed E-state index contributed by atoms with van der Waals surface area (Å²) in [6.45, 7) is 6.81. The Balaban J connectivity index is 2.20. The van der Waals surface area contributed by atoms with E-state index < -0.39 is 5.54 Å². The second-order valence-corrected chi connectivity index (χ2v) is 7.90. The van der Waals surface area contributed by atoms with Crippen LogP contribution in [0, 0.1) is 5.41 Å². The van der Waals surface area contributed by atoms with E-state index in [4.69, 9.17) is 4.74 Å². The highest BCUT2D eigenvalue weighted by Crippen LogP contribution is 2.44. The monoisotopic (exact) mass is 299 g/mol. The van der Waals surface area contributed by atoms with Crippen LogP contribution in [-0.2, 0) is 9.53 Å². The van der Waals surface area contributed by atoms with Crippen LogP contribution >= 0.6 is 11.8 Å². The molecular weight excluding hydrogens is 270 g/mol. The number of thioether (sulfide) groups is 1. The maximum absolute atomic E-state index is 12.7. The zero-order valence-corrected chi connectivity index (χ0v) is 14.0. The molecule has 4 heteroatoms. The second-order valence-electron chi connectivity index (χ2n) is 6.79. The van der Waals surface area contributed by atoms with Gasteiger partial charge in [0.25, 0.3) is 0 Å². The van der Waals surface area contributed by atoms with Gasteiger partial charge in [0.2, 0.25) is 0 Å². The maximum atomic E-state index is 12.7. The van der Waals surface area contributed by atoms with Crippen LogP contribution in [0.1, 0.15) is 59.3 Å². The highest BCUT2D eigenvalue weighted by molar-refractivity contribution is 7.99. The van der Waals surface area contributed by atoms with Gasteiger partial charge in [-0.15, -0.1) is 0 Å². The second kappa shape index (κ2) is 6.69. The summed E-state index contributed by atoms with van der Waals surface area (Å²) in [4.78, 5) is 12.7. The zero-order chi connectivity index (χ0) is 14.6. The van der Waals surface area contributed by atoms with Crippen molar-refractivity contribution in [2.75, 3.05) is 18.1 Å². The van der Waals surface area contributed by atoms with Crippen molar-refractivity contribution in [1.29, 1.82) is 0 Å². The Morgan fingerprint density at radius 3 is 2.60 bits per heavy atom. The van der Waals surface area contributed by atoms with Crippen LogP contribution in [0.25, 0.3) is 0 Å². The van der Waals surface area contributed by atoms with Crippen molar-refractivity contribution < 1.29 is 9.53 Å². The van der Waals surface area contributed by atoms with Crippen LogP contribution in [0.15, 0.2) is 0 Å². The number of ether oxygens (including phenoxy) is 1. The third-order valence-electron chi connectivity index (χ3n) is 5.02. The van der Waals surface area contributed by atoms with Crippen molar-refractivity contribution in [2.45, 2.75) is 70.9 Å². The molecule has 0 aromatic rings. The molecule has 2 aliphatic rings. The first-order valence-corrected chi connectivity index (χ1v) is 9.20. The third-order valence-corrected chi connectivity index (χ3v) is 6.15. The average molecular weight is 299 g/mol. The Hall–Kier alpha value is -0.220. The van der Waals surface area contributed by atoms with E-state index in [1.54, 1.807) is 0 Å². The first-order chi connectivity index (χ1) is 9.52. The molecule has 0 radical (unpaired) electrons. The molecule has 1 aliphatic carbocycles. The summed E-state index contributed by atoms with van der Waals surface area (Å²) in [5.74, 6) is 1.94. The highest BCUT2D eigenvalue weighted by Gasteiger charge is 2.54. The zero-order valence-electron chi connectivity index (χ0n) is 13.2. The van der Waals surface area contributed by atoms with Gasteiger partial charge in [-0.05, 0) is 37.4 Å². The lowest BCUT2D eigenvalue weighted by Crippen LogP contribution is -2.68. The molecule has 2 rings (SSSR count). The maximum Gasteiger partial charge on any atom is 0.327 e. The fourth-order valence-corrected chi connectivity index (χ4v) is 5.14. The largest absolute Gasteiger partial charge is 0.465 e. The molecule has 1 heterocycles. The molecule has 1 saturated carbocycles. The van der Waals surface area contributed by atoms with E-state index in [0.29, 0.717) is 12.6 Å². The minimum Gasteiger partial charge on any atom is -0.465 e. The van der Waals surface area contributed by atoms with Gasteiger partial charge in [-0.25, -0.2) is 4.79 Å². The first kappa shape index (κ1) is 16.2. The predicted octanol–water partition coefficient (Wildman–Crippen LogP) is 3.37. The summed E-state index contributed by atoms with van der Waals surface area (Å²) in [5.41, 5.74) is -0.546. The van der Waals surface area contributed by atoms with Gasteiger partial charge in [0, 0.05) is 11.8 Å². The van der Waals surface area contributed by atoms with Gasteiger partial charge in [-0.3, -0.25) is 5.32 Å². The van der Waals surface area contributed by atoms with E-state index in [1.807, 2.05) is 18.7 Å². The Labute approximate surface area is 127 Å². The molecule has 0 spiro atoms. The Kier molecular flexibility index (Phi) is 5.41. The van der Waals surface area contributed by atoms with E-state index in [0.717, 1.165) is 17.9 Å². The van der Waals surface area contributed by atoms with Crippen molar-refractivity contribution in [3.05, 3.63) is 0 Å². The summed E-state index contributed by atoms with van der Waals surface area (Å²) in [5, 5.41) is 3.75. The molecule has 1 atom stereocenters. The van der Waals surface area contributed by atoms with Crippen LogP contribution in [0.4, 0.5) is 0 Å². The smallest absolute Gasteiger partial charge is 0.327 e. The van der Waals surface area contributed by atoms with Crippen LogP contribution in [0.3, 0.4) is 0 Å². The number of esters is 1. The summed E-state index contributed by atoms with van der Waals surface area (Å²) in [7, 11) is 0.